The highest BCUT2D eigenvalue weighted by Gasteiger charge is 2.16. The van der Waals surface area contributed by atoms with Gasteiger partial charge in [-0.3, -0.25) is 0 Å². The van der Waals surface area contributed by atoms with E-state index in [4.69, 9.17) is 0 Å². The van der Waals surface area contributed by atoms with Gasteiger partial charge < -0.3 is 0 Å². The molecule has 2 heteroatoms. The smallest absolute Gasteiger partial charge is 0.201 e. The molecule has 0 amide bonds. The Bertz CT molecular complexity index is 1470. The molecule has 0 spiro atoms. The molecule has 0 saturated carbocycles. The molecule has 0 bridgehead atoms. The van der Waals surface area contributed by atoms with Gasteiger partial charge in [-0.05, 0) is 47.4 Å². The van der Waals surface area contributed by atoms with Crippen LogP contribution in [0, 0.1) is 6.92 Å². The zero-order chi connectivity index (χ0) is 23.3. The molecule has 2 nitrogen and oxygen atoms in total. The molecule has 0 saturated heterocycles. The first-order valence-corrected chi connectivity index (χ1v) is 11.6. The Hall–Kier alpha value is -4.30. The zero-order valence-electron chi connectivity index (χ0n) is 19.6. The number of rotatable bonds is 5. The molecule has 0 radical (unpaired) electrons. The second-order valence-corrected chi connectivity index (χ2v) is 8.49. The fourth-order valence-corrected chi connectivity index (χ4v) is 4.37. The molecule has 0 aliphatic carbocycles. The Morgan fingerprint density at radius 1 is 0.588 bits per heavy atom. The van der Waals surface area contributed by atoms with E-state index in [-0.39, 0.29) is 0 Å². The van der Waals surface area contributed by atoms with E-state index in [0.717, 1.165) is 0 Å². The summed E-state index contributed by atoms with van der Waals surface area (Å²) in [5, 5.41) is 0. The average molecular weight is 441 g/mol. The number of pyridine rings is 2. The van der Waals surface area contributed by atoms with Gasteiger partial charge in [0.1, 0.15) is 7.05 Å². The summed E-state index contributed by atoms with van der Waals surface area (Å²) >= 11 is 0. The molecule has 34 heavy (non-hydrogen) atoms. The van der Waals surface area contributed by atoms with Crippen molar-refractivity contribution in [3.8, 4) is 33.6 Å². The van der Waals surface area contributed by atoms with Crippen LogP contribution in [0.3, 0.4) is 0 Å². The van der Waals surface area contributed by atoms with Crippen molar-refractivity contribution >= 4 is 12.3 Å². The Labute approximate surface area is 201 Å². The van der Waals surface area contributed by atoms with Gasteiger partial charge >= 0.3 is 0 Å². The van der Waals surface area contributed by atoms with Gasteiger partial charge in [-0.15, -0.1) is 0 Å². The van der Waals surface area contributed by atoms with Gasteiger partial charge in [-0.25, -0.2) is 4.57 Å². The van der Waals surface area contributed by atoms with Gasteiger partial charge in [0.25, 0.3) is 0 Å². The maximum absolute atomic E-state index is 2.28. The Morgan fingerprint density at radius 3 is 2.09 bits per heavy atom. The van der Waals surface area contributed by atoms with Crippen LogP contribution in [0.4, 0.5) is 0 Å². The first kappa shape index (κ1) is 21.5. The minimum atomic E-state index is 1.17. The molecule has 0 N–H and O–H groups in total. The quantitative estimate of drug-likeness (QED) is 0.268. The van der Waals surface area contributed by atoms with Crippen LogP contribution in [0.15, 0.2) is 122 Å². The van der Waals surface area contributed by atoms with Crippen LogP contribution in [-0.4, -0.2) is 0 Å². The summed E-state index contributed by atoms with van der Waals surface area (Å²) < 4.78 is 4.38. The second-order valence-electron chi connectivity index (χ2n) is 8.49. The Morgan fingerprint density at radius 2 is 1.29 bits per heavy atom. The molecule has 0 atom stereocenters. The SMILES string of the molecule is Cc1ccccc1-c1cc(-c2ccccc2)cc[n+]1/C=C\c1ccccc1-c1cccc[n+]1C. The molecule has 0 unspecified atom stereocenters. The first-order chi connectivity index (χ1) is 16.7. The number of hydrogen-bond acceptors (Lipinski definition) is 0. The second kappa shape index (κ2) is 9.68. The van der Waals surface area contributed by atoms with E-state index < -0.39 is 0 Å². The molecule has 164 valence electrons. The van der Waals surface area contributed by atoms with Crippen LogP contribution in [0.25, 0.3) is 45.9 Å². The third-order valence-electron chi connectivity index (χ3n) is 6.22. The van der Waals surface area contributed by atoms with Crippen LogP contribution >= 0.6 is 0 Å². The maximum Gasteiger partial charge on any atom is 0.218 e. The standard InChI is InChI=1S/C32H28N2/c1-25-12-6-8-16-29(25)32-24-28(26-13-4-3-5-14-26)20-23-34(32)22-19-27-15-7-9-17-30(27)31-18-10-11-21-33(31)2/h3-24H,1-2H3/q+2/b22-19-. The van der Waals surface area contributed by atoms with Gasteiger partial charge in [0, 0.05) is 35.9 Å². The molecule has 3 aromatic carbocycles. The number of aryl methyl sites for hydroxylation is 2. The lowest BCUT2D eigenvalue weighted by molar-refractivity contribution is -0.660. The fourth-order valence-electron chi connectivity index (χ4n) is 4.37. The van der Waals surface area contributed by atoms with Crippen molar-refractivity contribution in [3.05, 3.63) is 133 Å². The topological polar surface area (TPSA) is 7.76 Å². The number of aromatic nitrogens is 2. The summed E-state index contributed by atoms with van der Waals surface area (Å²) in [4.78, 5) is 0. The van der Waals surface area contributed by atoms with Crippen LogP contribution in [0.2, 0.25) is 0 Å². The third kappa shape index (κ3) is 4.44. The summed E-state index contributed by atoms with van der Waals surface area (Å²) in [5.74, 6) is 0. The molecule has 5 rings (SSSR count). The number of benzene rings is 3. The van der Waals surface area contributed by atoms with Crippen molar-refractivity contribution in [2.45, 2.75) is 6.92 Å². The van der Waals surface area contributed by atoms with Crippen molar-refractivity contribution in [1.29, 1.82) is 0 Å². The van der Waals surface area contributed by atoms with Crippen molar-refractivity contribution in [2.24, 2.45) is 7.05 Å². The molecule has 5 aromatic rings. The fraction of sp³-hybridized carbons (Fsp3) is 0.0625. The third-order valence-corrected chi connectivity index (χ3v) is 6.22. The highest BCUT2D eigenvalue weighted by Crippen LogP contribution is 2.26. The van der Waals surface area contributed by atoms with E-state index in [1.54, 1.807) is 0 Å². The maximum atomic E-state index is 2.28. The average Bonchev–Trinajstić information content (AvgIpc) is 2.89. The lowest BCUT2D eigenvalue weighted by Gasteiger charge is -2.08. The largest absolute Gasteiger partial charge is 0.218 e. The zero-order valence-corrected chi connectivity index (χ0v) is 19.6. The summed E-state index contributed by atoms with van der Waals surface area (Å²) in [7, 11) is 2.09. The van der Waals surface area contributed by atoms with Gasteiger partial charge in [-0.2, -0.15) is 4.57 Å². The van der Waals surface area contributed by atoms with Crippen LogP contribution in [0.1, 0.15) is 11.1 Å². The predicted molar refractivity (Wildman–Crippen MR) is 141 cm³/mol. The lowest BCUT2D eigenvalue weighted by atomic mass is 10.0. The van der Waals surface area contributed by atoms with Gasteiger partial charge in [-0.1, -0.05) is 66.7 Å². The van der Waals surface area contributed by atoms with Crippen LogP contribution < -0.4 is 9.13 Å². The summed E-state index contributed by atoms with van der Waals surface area (Å²) in [6, 6.07) is 38.4. The predicted octanol–water partition coefficient (Wildman–Crippen LogP) is 6.74. The van der Waals surface area contributed by atoms with Crippen molar-refractivity contribution < 1.29 is 9.13 Å². The van der Waals surface area contributed by atoms with E-state index in [9.17, 15) is 0 Å². The number of nitrogens with zero attached hydrogens (tertiary/aromatic N) is 2. The minimum Gasteiger partial charge on any atom is -0.201 e. The van der Waals surface area contributed by atoms with Gasteiger partial charge in [0.2, 0.25) is 11.4 Å². The van der Waals surface area contributed by atoms with Crippen LogP contribution in [-0.2, 0) is 7.05 Å². The first-order valence-electron chi connectivity index (χ1n) is 11.6. The molecular formula is C32H28N2+2. The Kier molecular flexibility index (Phi) is 6.13. The van der Waals surface area contributed by atoms with Crippen molar-refractivity contribution in [2.75, 3.05) is 0 Å². The Balaban J connectivity index is 1.62. The van der Waals surface area contributed by atoms with Crippen molar-refractivity contribution in [1.82, 2.24) is 0 Å². The van der Waals surface area contributed by atoms with E-state index in [2.05, 4.69) is 157 Å². The molecule has 0 fully saturated rings. The van der Waals surface area contributed by atoms with Crippen molar-refractivity contribution in [3.63, 3.8) is 0 Å². The van der Waals surface area contributed by atoms with E-state index >= 15 is 0 Å². The molecule has 2 heterocycles. The molecule has 0 aliphatic rings. The molecule has 2 aromatic heterocycles. The van der Waals surface area contributed by atoms with E-state index in [1.165, 1.54) is 44.8 Å². The van der Waals surface area contributed by atoms with Gasteiger partial charge in [0.05, 0.1) is 5.56 Å². The summed E-state index contributed by atoms with van der Waals surface area (Å²) in [5.41, 5.74) is 9.65. The minimum absolute atomic E-state index is 1.17. The van der Waals surface area contributed by atoms with E-state index in [0.29, 0.717) is 0 Å². The summed E-state index contributed by atoms with van der Waals surface area (Å²) in [6.07, 6.45) is 8.61. The number of hydrogen-bond donors (Lipinski definition) is 0. The monoisotopic (exact) mass is 440 g/mol. The van der Waals surface area contributed by atoms with Crippen LogP contribution in [0.5, 0.6) is 0 Å². The molecule has 0 aliphatic heterocycles. The molecular weight excluding hydrogens is 412 g/mol. The highest BCUT2D eigenvalue weighted by molar-refractivity contribution is 5.75. The van der Waals surface area contributed by atoms with E-state index in [1.807, 2.05) is 0 Å². The summed E-state index contributed by atoms with van der Waals surface area (Å²) in [6.45, 7) is 2.17. The van der Waals surface area contributed by atoms with Gasteiger partial charge in [0.15, 0.2) is 18.6 Å². The normalized spacial score (nSPS) is 11.1. The highest BCUT2D eigenvalue weighted by atomic mass is 14.9. The lowest BCUT2D eigenvalue weighted by Crippen LogP contribution is -2.30.